The van der Waals surface area contributed by atoms with Crippen molar-refractivity contribution in [3.8, 4) is 0 Å². The van der Waals surface area contributed by atoms with Crippen molar-refractivity contribution in [2.75, 3.05) is 4.72 Å². The van der Waals surface area contributed by atoms with Crippen LogP contribution in [0.1, 0.15) is 50.2 Å². The third kappa shape index (κ3) is 5.28. The number of benzene rings is 3. The third-order valence-electron chi connectivity index (χ3n) is 6.01. The fraction of sp³-hybridized carbons (Fsp3) is 0.231. The van der Waals surface area contributed by atoms with E-state index >= 15 is 0 Å². The quantitative estimate of drug-likeness (QED) is 0.511. The van der Waals surface area contributed by atoms with E-state index in [1.807, 2.05) is 19.9 Å². The summed E-state index contributed by atoms with van der Waals surface area (Å²) in [6.07, 6.45) is 1.86. The van der Waals surface area contributed by atoms with E-state index in [1.165, 1.54) is 12.1 Å². The van der Waals surface area contributed by atoms with Crippen LogP contribution in [0.2, 0.25) is 0 Å². The molecule has 8 heteroatoms. The molecule has 0 unspecified atom stereocenters. The minimum atomic E-state index is -3.78. The minimum Gasteiger partial charge on any atom is -0.366 e. The average molecular weight is 478 g/mol. The second kappa shape index (κ2) is 9.30. The maximum absolute atomic E-state index is 13.2. The number of hydrogen-bond acceptors (Lipinski definition) is 4. The van der Waals surface area contributed by atoms with Gasteiger partial charge in [-0.2, -0.15) is 0 Å². The Balaban J connectivity index is 1.49. The van der Waals surface area contributed by atoms with Crippen molar-refractivity contribution in [3.05, 3.63) is 94.5 Å². The van der Waals surface area contributed by atoms with Gasteiger partial charge in [0.15, 0.2) is 0 Å². The van der Waals surface area contributed by atoms with Gasteiger partial charge in [-0.05, 0) is 91.9 Å². The van der Waals surface area contributed by atoms with Gasteiger partial charge in [0, 0.05) is 29.4 Å². The molecule has 0 heterocycles. The van der Waals surface area contributed by atoms with Gasteiger partial charge in [-0.3, -0.25) is 14.3 Å². The topological polar surface area (TPSA) is 110 Å². The molecule has 0 radical (unpaired) electrons. The molecule has 4 rings (SSSR count). The maximum Gasteiger partial charge on any atom is 0.261 e. The van der Waals surface area contributed by atoms with Crippen LogP contribution in [-0.2, 0) is 16.6 Å². The summed E-state index contributed by atoms with van der Waals surface area (Å²) >= 11 is 0. The molecule has 34 heavy (non-hydrogen) atoms. The molecule has 176 valence electrons. The molecule has 0 aliphatic heterocycles. The van der Waals surface area contributed by atoms with Crippen LogP contribution < -0.4 is 10.5 Å². The summed E-state index contributed by atoms with van der Waals surface area (Å²) in [4.78, 5) is 26.4. The number of aryl methyl sites for hydroxylation is 2. The summed E-state index contributed by atoms with van der Waals surface area (Å²) in [5.41, 5.74) is 9.58. The highest BCUT2D eigenvalue weighted by Gasteiger charge is 2.33. The van der Waals surface area contributed by atoms with Gasteiger partial charge in [-0.1, -0.05) is 18.2 Å². The molecule has 1 aliphatic rings. The van der Waals surface area contributed by atoms with Crippen LogP contribution in [0.3, 0.4) is 0 Å². The predicted molar refractivity (Wildman–Crippen MR) is 131 cm³/mol. The SMILES string of the molecule is Cc1ccc(NS(=O)(=O)c2ccc(C(=O)N(Cc3ccc(C(N)=O)cc3)C3CC3)cc2)cc1C. The van der Waals surface area contributed by atoms with Crippen molar-refractivity contribution < 1.29 is 18.0 Å². The molecule has 0 saturated heterocycles. The van der Waals surface area contributed by atoms with Crippen molar-refractivity contribution >= 4 is 27.5 Å². The van der Waals surface area contributed by atoms with E-state index in [9.17, 15) is 18.0 Å². The van der Waals surface area contributed by atoms with Gasteiger partial charge in [-0.15, -0.1) is 0 Å². The minimum absolute atomic E-state index is 0.0855. The lowest BCUT2D eigenvalue weighted by molar-refractivity contribution is 0.0729. The standard InChI is InChI=1S/C26H27N3O4S/c1-17-3-10-22(15-18(17)2)28-34(32,33)24-13-8-21(9-14-24)26(31)29(23-11-12-23)16-19-4-6-20(7-5-19)25(27)30/h3-10,13-15,23,28H,11-12,16H2,1-2H3,(H2,27,30). The first kappa shape index (κ1) is 23.5. The first-order valence-corrected chi connectivity index (χ1v) is 12.5. The molecule has 3 aromatic carbocycles. The molecule has 1 saturated carbocycles. The van der Waals surface area contributed by atoms with Crippen molar-refractivity contribution in [3.63, 3.8) is 0 Å². The first-order chi connectivity index (χ1) is 16.1. The van der Waals surface area contributed by atoms with E-state index in [-0.39, 0.29) is 16.8 Å². The summed E-state index contributed by atoms with van der Waals surface area (Å²) in [5, 5.41) is 0. The smallest absolute Gasteiger partial charge is 0.261 e. The molecule has 3 aromatic rings. The van der Waals surface area contributed by atoms with Gasteiger partial charge in [0.05, 0.1) is 4.90 Å². The van der Waals surface area contributed by atoms with E-state index in [0.29, 0.717) is 23.4 Å². The van der Waals surface area contributed by atoms with Gasteiger partial charge >= 0.3 is 0 Å². The first-order valence-electron chi connectivity index (χ1n) is 11.0. The number of anilines is 1. The van der Waals surface area contributed by atoms with Gasteiger partial charge in [0.1, 0.15) is 0 Å². The van der Waals surface area contributed by atoms with E-state index < -0.39 is 15.9 Å². The van der Waals surface area contributed by atoms with Crippen molar-refractivity contribution in [1.29, 1.82) is 0 Å². The maximum atomic E-state index is 13.2. The van der Waals surface area contributed by atoms with Crippen molar-refractivity contribution in [1.82, 2.24) is 4.90 Å². The van der Waals surface area contributed by atoms with Gasteiger partial charge < -0.3 is 10.6 Å². The van der Waals surface area contributed by atoms with Crippen LogP contribution in [0.5, 0.6) is 0 Å². The predicted octanol–water partition coefficient (Wildman–Crippen LogP) is 4.01. The number of primary amides is 1. The zero-order chi connectivity index (χ0) is 24.5. The number of nitrogens with two attached hydrogens (primary N) is 1. The molecular formula is C26H27N3O4S. The number of nitrogens with zero attached hydrogens (tertiary/aromatic N) is 1. The van der Waals surface area contributed by atoms with Gasteiger partial charge in [0.2, 0.25) is 5.91 Å². The normalized spacial score (nSPS) is 13.4. The Morgan fingerprint density at radius 3 is 2.09 bits per heavy atom. The Kier molecular flexibility index (Phi) is 6.43. The van der Waals surface area contributed by atoms with Crippen LogP contribution in [0.25, 0.3) is 0 Å². The molecule has 0 bridgehead atoms. The Bertz CT molecular complexity index is 1330. The van der Waals surface area contributed by atoms with Crippen LogP contribution in [0.15, 0.2) is 71.6 Å². The van der Waals surface area contributed by atoms with Crippen LogP contribution >= 0.6 is 0 Å². The average Bonchev–Trinajstić information content (AvgIpc) is 3.65. The molecule has 1 fully saturated rings. The number of hydrogen-bond donors (Lipinski definition) is 2. The van der Waals surface area contributed by atoms with Crippen LogP contribution in [0.4, 0.5) is 5.69 Å². The molecule has 0 spiro atoms. The van der Waals surface area contributed by atoms with Crippen molar-refractivity contribution in [2.24, 2.45) is 5.73 Å². The molecule has 2 amide bonds. The summed E-state index contributed by atoms with van der Waals surface area (Å²) in [6, 6.07) is 18.4. The molecule has 1 aliphatic carbocycles. The Hall–Kier alpha value is -3.65. The van der Waals surface area contributed by atoms with Gasteiger partial charge in [-0.25, -0.2) is 8.42 Å². The lowest BCUT2D eigenvalue weighted by Crippen LogP contribution is -2.32. The third-order valence-corrected chi connectivity index (χ3v) is 7.41. The van der Waals surface area contributed by atoms with Crippen LogP contribution in [-0.4, -0.2) is 31.2 Å². The lowest BCUT2D eigenvalue weighted by Gasteiger charge is -2.23. The summed E-state index contributed by atoms with van der Waals surface area (Å²) < 4.78 is 28.2. The zero-order valence-corrected chi connectivity index (χ0v) is 19.9. The monoisotopic (exact) mass is 477 g/mol. The summed E-state index contributed by atoms with van der Waals surface area (Å²) in [7, 11) is -3.78. The highest BCUT2D eigenvalue weighted by molar-refractivity contribution is 7.92. The number of amides is 2. The Morgan fingerprint density at radius 1 is 0.912 bits per heavy atom. The molecule has 0 aromatic heterocycles. The van der Waals surface area contributed by atoms with Crippen LogP contribution in [0, 0.1) is 13.8 Å². The summed E-state index contributed by atoms with van der Waals surface area (Å²) in [5.74, 6) is -0.656. The van der Waals surface area contributed by atoms with E-state index in [4.69, 9.17) is 5.73 Å². The number of nitrogens with one attached hydrogen (secondary N) is 1. The Labute approximate surface area is 199 Å². The molecule has 7 nitrogen and oxygen atoms in total. The molecule has 3 N–H and O–H groups in total. The van der Waals surface area contributed by atoms with Crippen molar-refractivity contribution in [2.45, 2.75) is 44.2 Å². The number of carbonyl (C=O) groups excluding carboxylic acids is 2. The molecular weight excluding hydrogens is 450 g/mol. The highest BCUT2D eigenvalue weighted by Crippen LogP contribution is 2.30. The number of rotatable bonds is 8. The number of sulfonamides is 1. The Morgan fingerprint density at radius 2 is 1.53 bits per heavy atom. The van der Waals surface area contributed by atoms with E-state index in [0.717, 1.165) is 29.5 Å². The fourth-order valence-electron chi connectivity index (χ4n) is 3.69. The lowest BCUT2D eigenvalue weighted by atomic mass is 10.1. The second-order valence-electron chi connectivity index (χ2n) is 8.65. The number of carbonyl (C=O) groups is 2. The largest absolute Gasteiger partial charge is 0.366 e. The fourth-order valence-corrected chi connectivity index (χ4v) is 4.74. The molecule has 0 atom stereocenters. The zero-order valence-electron chi connectivity index (χ0n) is 19.1. The second-order valence-corrected chi connectivity index (χ2v) is 10.3. The van der Waals surface area contributed by atoms with E-state index in [2.05, 4.69) is 4.72 Å². The van der Waals surface area contributed by atoms with E-state index in [1.54, 1.807) is 53.4 Å². The summed E-state index contributed by atoms with van der Waals surface area (Å²) in [6.45, 7) is 4.28. The highest BCUT2D eigenvalue weighted by atomic mass is 32.2. The van der Waals surface area contributed by atoms with Gasteiger partial charge in [0.25, 0.3) is 15.9 Å².